The van der Waals surface area contributed by atoms with E-state index in [1.54, 1.807) is 7.11 Å². The molecule has 1 N–H and O–H groups in total. The van der Waals surface area contributed by atoms with Crippen molar-refractivity contribution in [3.8, 4) is 5.75 Å². The van der Waals surface area contributed by atoms with Gasteiger partial charge in [0.1, 0.15) is 5.75 Å². The minimum absolute atomic E-state index is 0.135. The predicted octanol–water partition coefficient (Wildman–Crippen LogP) is 2.77. The van der Waals surface area contributed by atoms with Gasteiger partial charge in [0.2, 0.25) is 10.0 Å². The van der Waals surface area contributed by atoms with Crippen LogP contribution in [0, 0.1) is 20.8 Å². The van der Waals surface area contributed by atoms with Gasteiger partial charge in [0.25, 0.3) is 0 Å². The van der Waals surface area contributed by atoms with Gasteiger partial charge in [0.05, 0.1) is 18.6 Å². The summed E-state index contributed by atoms with van der Waals surface area (Å²) in [5.74, 6) is 0.947. The van der Waals surface area contributed by atoms with Crippen molar-refractivity contribution in [2.75, 3.05) is 17.6 Å². The van der Waals surface area contributed by atoms with Gasteiger partial charge in [-0.15, -0.1) is 0 Å². The van der Waals surface area contributed by atoms with Crippen LogP contribution in [0.15, 0.2) is 6.07 Å². The number of hydrogen-bond acceptors (Lipinski definition) is 3. The molecule has 1 aromatic rings. The number of anilines is 1. The maximum absolute atomic E-state index is 11.8. The molecule has 102 valence electrons. The van der Waals surface area contributed by atoms with Gasteiger partial charge in [0.15, 0.2) is 0 Å². The normalized spacial score (nSPS) is 11.4. The van der Waals surface area contributed by atoms with E-state index in [1.165, 1.54) is 0 Å². The maximum atomic E-state index is 11.8. The highest BCUT2D eigenvalue weighted by Crippen LogP contribution is 2.31. The summed E-state index contributed by atoms with van der Waals surface area (Å²) in [5, 5.41) is 0. The number of benzene rings is 1. The molecule has 0 heterocycles. The van der Waals surface area contributed by atoms with Crippen LogP contribution in [0.4, 0.5) is 5.69 Å². The number of nitrogens with one attached hydrogen (secondary N) is 1. The van der Waals surface area contributed by atoms with Gasteiger partial charge in [-0.25, -0.2) is 8.42 Å². The molecule has 0 atom stereocenters. The lowest BCUT2D eigenvalue weighted by Crippen LogP contribution is -2.17. The molecule has 5 heteroatoms. The van der Waals surface area contributed by atoms with Crippen molar-refractivity contribution < 1.29 is 13.2 Å². The molecule has 0 radical (unpaired) electrons. The lowest BCUT2D eigenvalue weighted by Gasteiger charge is -2.16. The Balaban J connectivity index is 3.20. The zero-order chi connectivity index (χ0) is 13.9. The number of ether oxygens (including phenoxy) is 1. The fourth-order valence-electron chi connectivity index (χ4n) is 1.97. The van der Waals surface area contributed by atoms with Crippen LogP contribution >= 0.6 is 0 Å². The van der Waals surface area contributed by atoms with E-state index < -0.39 is 10.0 Å². The van der Waals surface area contributed by atoms with Crippen molar-refractivity contribution in [2.45, 2.75) is 34.1 Å². The minimum Gasteiger partial charge on any atom is -0.496 e. The summed E-state index contributed by atoms with van der Waals surface area (Å²) < 4.78 is 31.5. The molecule has 0 spiro atoms. The third-order valence-electron chi connectivity index (χ3n) is 2.97. The van der Waals surface area contributed by atoms with Crippen LogP contribution in [0.3, 0.4) is 0 Å². The highest BCUT2D eigenvalue weighted by molar-refractivity contribution is 7.92. The summed E-state index contributed by atoms with van der Waals surface area (Å²) in [5.41, 5.74) is 3.43. The number of sulfonamides is 1. The van der Waals surface area contributed by atoms with Crippen LogP contribution in [-0.2, 0) is 10.0 Å². The molecule has 0 unspecified atom stereocenters. The Morgan fingerprint density at radius 2 is 1.83 bits per heavy atom. The standard InChI is InChI=1S/C13H21NO3S/c1-6-7-18(15,16)14-12-8-9(2)13(17-5)11(4)10(12)3/h8,14H,6-7H2,1-5H3. The van der Waals surface area contributed by atoms with Crippen molar-refractivity contribution in [2.24, 2.45) is 0 Å². The number of hydrogen-bond donors (Lipinski definition) is 1. The Morgan fingerprint density at radius 3 is 2.33 bits per heavy atom. The zero-order valence-electron chi connectivity index (χ0n) is 11.6. The molecular weight excluding hydrogens is 250 g/mol. The Morgan fingerprint density at radius 1 is 1.22 bits per heavy atom. The van der Waals surface area contributed by atoms with Crippen LogP contribution in [0.1, 0.15) is 30.0 Å². The van der Waals surface area contributed by atoms with Crippen molar-refractivity contribution >= 4 is 15.7 Å². The molecule has 0 aliphatic carbocycles. The molecule has 0 fully saturated rings. The average Bonchev–Trinajstić information content (AvgIpc) is 2.25. The van der Waals surface area contributed by atoms with Gasteiger partial charge in [-0.1, -0.05) is 6.92 Å². The molecule has 1 rings (SSSR count). The fourth-order valence-corrected chi connectivity index (χ4v) is 3.15. The zero-order valence-corrected chi connectivity index (χ0v) is 12.4. The van der Waals surface area contributed by atoms with Crippen molar-refractivity contribution in [3.63, 3.8) is 0 Å². The first-order chi connectivity index (χ1) is 8.32. The third kappa shape index (κ3) is 3.16. The number of aryl methyl sites for hydroxylation is 1. The molecule has 0 aromatic heterocycles. The summed E-state index contributed by atoms with van der Waals surface area (Å²) in [6.07, 6.45) is 0.600. The summed E-state index contributed by atoms with van der Waals surface area (Å²) >= 11 is 0. The largest absolute Gasteiger partial charge is 0.496 e. The molecule has 18 heavy (non-hydrogen) atoms. The van der Waals surface area contributed by atoms with Crippen molar-refractivity contribution in [1.82, 2.24) is 0 Å². The molecular formula is C13H21NO3S. The predicted molar refractivity (Wildman–Crippen MR) is 74.9 cm³/mol. The fraction of sp³-hybridized carbons (Fsp3) is 0.538. The first-order valence-electron chi connectivity index (χ1n) is 5.97. The second kappa shape index (κ2) is 5.61. The van der Waals surface area contributed by atoms with Gasteiger partial charge >= 0.3 is 0 Å². The van der Waals surface area contributed by atoms with Crippen LogP contribution in [-0.4, -0.2) is 21.3 Å². The average molecular weight is 271 g/mol. The molecule has 0 saturated heterocycles. The quantitative estimate of drug-likeness (QED) is 0.896. The lowest BCUT2D eigenvalue weighted by molar-refractivity contribution is 0.408. The second-order valence-electron chi connectivity index (χ2n) is 4.45. The molecule has 1 aromatic carbocycles. The molecule has 0 saturated carbocycles. The Labute approximate surface area is 109 Å². The van der Waals surface area contributed by atoms with E-state index in [1.807, 2.05) is 33.8 Å². The van der Waals surface area contributed by atoms with E-state index in [0.717, 1.165) is 22.4 Å². The molecule has 0 aliphatic heterocycles. The smallest absolute Gasteiger partial charge is 0.232 e. The maximum Gasteiger partial charge on any atom is 0.232 e. The van der Waals surface area contributed by atoms with Crippen LogP contribution in [0.2, 0.25) is 0 Å². The summed E-state index contributed by atoms with van der Waals surface area (Å²) in [6, 6.07) is 1.81. The van der Waals surface area contributed by atoms with Crippen LogP contribution in [0.25, 0.3) is 0 Å². The van der Waals surface area contributed by atoms with E-state index in [4.69, 9.17) is 4.74 Å². The SMILES string of the molecule is CCCS(=O)(=O)Nc1cc(C)c(OC)c(C)c1C. The van der Waals surface area contributed by atoms with Crippen molar-refractivity contribution in [3.05, 3.63) is 22.8 Å². The Kier molecular flexibility index (Phi) is 4.62. The van der Waals surface area contributed by atoms with Crippen LogP contribution < -0.4 is 9.46 Å². The van der Waals surface area contributed by atoms with Gasteiger partial charge < -0.3 is 4.74 Å². The topological polar surface area (TPSA) is 55.4 Å². The highest BCUT2D eigenvalue weighted by atomic mass is 32.2. The van der Waals surface area contributed by atoms with Crippen molar-refractivity contribution in [1.29, 1.82) is 0 Å². The molecule has 0 aliphatic rings. The van der Waals surface area contributed by atoms with Gasteiger partial charge in [-0.05, 0) is 49.9 Å². The monoisotopic (exact) mass is 271 g/mol. The minimum atomic E-state index is -3.25. The summed E-state index contributed by atoms with van der Waals surface area (Å²) in [7, 11) is -1.63. The van der Waals surface area contributed by atoms with Gasteiger partial charge in [-0.3, -0.25) is 4.72 Å². The van der Waals surface area contributed by atoms with Gasteiger partial charge in [-0.2, -0.15) is 0 Å². The summed E-state index contributed by atoms with van der Waals surface area (Å²) in [4.78, 5) is 0. The first kappa shape index (κ1) is 14.8. The molecule has 0 bridgehead atoms. The molecule has 0 amide bonds. The molecule has 4 nitrogen and oxygen atoms in total. The third-order valence-corrected chi connectivity index (χ3v) is 4.45. The van der Waals surface area contributed by atoms with Crippen LogP contribution in [0.5, 0.6) is 5.75 Å². The highest BCUT2D eigenvalue weighted by Gasteiger charge is 2.15. The van der Waals surface area contributed by atoms with E-state index in [0.29, 0.717) is 12.1 Å². The number of rotatable bonds is 5. The van der Waals surface area contributed by atoms with E-state index in [2.05, 4.69) is 4.72 Å². The van der Waals surface area contributed by atoms with E-state index in [9.17, 15) is 8.42 Å². The van der Waals surface area contributed by atoms with Gasteiger partial charge in [0, 0.05) is 0 Å². The number of methoxy groups -OCH3 is 1. The van der Waals surface area contributed by atoms with E-state index >= 15 is 0 Å². The van der Waals surface area contributed by atoms with E-state index in [-0.39, 0.29) is 5.75 Å². The Bertz CT molecular complexity index is 536. The first-order valence-corrected chi connectivity index (χ1v) is 7.63. The second-order valence-corrected chi connectivity index (χ2v) is 6.29. The summed E-state index contributed by atoms with van der Waals surface area (Å²) in [6.45, 7) is 7.57. The lowest BCUT2D eigenvalue weighted by atomic mass is 10.0. The Hall–Kier alpha value is -1.23.